The minimum Gasteiger partial charge on any atom is -0.490 e. The van der Waals surface area contributed by atoms with Crippen LogP contribution in [0.5, 0.6) is 5.75 Å². The second-order valence-electron chi connectivity index (χ2n) is 8.60. The lowest BCUT2D eigenvalue weighted by molar-refractivity contribution is -0.146. The van der Waals surface area contributed by atoms with Crippen LogP contribution in [0.1, 0.15) is 36.8 Å². The van der Waals surface area contributed by atoms with Crippen molar-refractivity contribution in [1.82, 2.24) is 19.9 Å². The zero-order valence-corrected chi connectivity index (χ0v) is 17.9. The first-order valence-corrected chi connectivity index (χ1v) is 11.0. The number of carbonyl (C=O) groups is 1. The minimum absolute atomic E-state index is 0.0291. The molecule has 1 amide bonds. The molecule has 4 heterocycles. The third-order valence-corrected chi connectivity index (χ3v) is 6.22. The number of amides is 1. The van der Waals surface area contributed by atoms with Crippen molar-refractivity contribution in [2.45, 2.75) is 43.9 Å². The Morgan fingerprint density at radius 3 is 2.76 bits per heavy atom. The highest BCUT2D eigenvalue weighted by atomic mass is 19.1. The van der Waals surface area contributed by atoms with Gasteiger partial charge in [-0.1, -0.05) is 0 Å². The van der Waals surface area contributed by atoms with Crippen LogP contribution in [0.2, 0.25) is 0 Å². The standard InChI is InChI=1S/C22H23F2N7O2/c23-17-12-27-21(29-19(17)28-16-1-2-16)30-5-3-22(24,4-6-30)20(32)31-7-8-33-18-14(9-25)10-26-11-15(18)13-31/h10-12,16H,1-8,13H2,(H,27,28,29). The molecule has 0 unspecified atom stereocenters. The summed E-state index contributed by atoms with van der Waals surface area (Å²) in [5.41, 5.74) is -1.16. The van der Waals surface area contributed by atoms with E-state index < -0.39 is 17.4 Å². The van der Waals surface area contributed by atoms with E-state index >= 15 is 4.39 Å². The number of hydrogen-bond acceptors (Lipinski definition) is 8. The molecule has 1 saturated carbocycles. The molecule has 5 rings (SSSR count). The Morgan fingerprint density at radius 2 is 2.03 bits per heavy atom. The Balaban J connectivity index is 1.27. The normalized spacial score (nSPS) is 19.7. The van der Waals surface area contributed by atoms with Crippen molar-refractivity contribution < 1.29 is 18.3 Å². The number of nitriles is 1. The molecule has 0 radical (unpaired) electrons. The number of hydrogen-bond donors (Lipinski definition) is 1. The molecule has 9 nitrogen and oxygen atoms in total. The maximum absolute atomic E-state index is 15.8. The van der Waals surface area contributed by atoms with E-state index in [-0.39, 0.29) is 57.5 Å². The van der Waals surface area contributed by atoms with Gasteiger partial charge in [-0.15, -0.1) is 0 Å². The first-order valence-electron chi connectivity index (χ1n) is 11.0. The summed E-state index contributed by atoms with van der Waals surface area (Å²) in [6, 6.07) is 2.27. The Morgan fingerprint density at radius 1 is 1.24 bits per heavy atom. The molecule has 1 saturated heterocycles. The van der Waals surface area contributed by atoms with Gasteiger partial charge < -0.3 is 19.9 Å². The average Bonchev–Trinajstić information content (AvgIpc) is 3.66. The molecule has 0 bridgehead atoms. The van der Waals surface area contributed by atoms with Gasteiger partial charge in [0.2, 0.25) is 5.95 Å². The molecule has 33 heavy (non-hydrogen) atoms. The maximum Gasteiger partial charge on any atom is 0.260 e. The van der Waals surface area contributed by atoms with Crippen LogP contribution in [0.3, 0.4) is 0 Å². The van der Waals surface area contributed by atoms with E-state index in [0.29, 0.717) is 22.8 Å². The molecule has 2 aliphatic heterocycles. The van der Waals surface area contributed by atoms with E-state index in [4.69, 9.17) is 4.74 Å². The summed E-state index contributed by atoms with van der Waals surface area (Å²) in [6.07, 6.45) is 5.97. The van der Waals surface area contributed by atoms with Gasteiger partial charge >= 0.3 is 0 Å². The molecule has 2 aromatic heterocycles. The SMILES string of the molecule is N#Cc1cncc2c1OCCN(C(=O)C1(F)CCN(c3ncc(F)c(NC4CC4)n3)CC1)C2. The van der Waals surface area contributed by atoms with Crippen LogP contribution in [-0.4, -0.2) is 63.7 Å². The van der Waals surface area contributed by atoms with Crippen LogP contribution in [0.25, 0.3) is 0 Å². The third-order valence-electron chi connectivity index (χ3n) is 6.22. The van der Waals surface area contributed by atoms with Gasteiger partial charge in [-0.05, 0) is 12.8 Å². The summed E-state index contributed by atoms with van der Waals surface area (Å²) in [7, 11) is 0. The molecule has 172 valence electrons. The fourth-order valence-electron chi connectivity index (χ4n) is 4.16. The number of fused-ring (bicyclic) bond motifs is 1. The highest BCUT2D eigenvalue weighted by molar-refractivity contribution is 5.85. The monoisotopic (exact) mass is 455 g/mol. The summed E-state index contributed by atoms with van der Waals surface area (Å²) in [5, 5.41) is 12.3. The minimum atomic E-state index is -2.03. The van der Waals surface area contributed by atoms with Crippen molar-refractivity contribution in [3.63, 3.8) is 0 Å². The van der Waals surface area contributed by atoms with Crippen LogP contribution in [0, 0.1) is 17.1 Å². The topological polar surface area (TPSA) is 107 Å². The lowest BCUT2D eigenvalue weighted by Gasteiger charge is -2.37. The molecule has 1 aliphatic carbocycles. The van der Waals surface area contributed by atoms with E-state index in [1.165, 1.54) is 17.3 Å². The molecule has 0 spiro atoms. The largest absolute Gasteiger partial charge is 0.490 e. The summed E-state index contributed by atoms with van der Waals surface area (Å²) >= 11 is 0. The highest BCUT2D eigenvalue weighted by Gasteiger charge is 2.45. The van der Waals surface area contributed by atoms with Crippen LogP contribution in [0.4, 0.5) is 20.5 Å². The number of halogens is 2. The van der Waals surface area contributed by atoms with Crippen LogP contribution in [0.15, 0.2) is 18.6 Å². The van der Waals surface area contributed by atoms with Gasteiger partial charge in [-0.3, -0.25) is 9.78 Å². The number of alkyl halides is 1. The fourth-order valence-corrected chi connectivity index (χ4v) is 4.16. The molecular weight excluding hydrogens is 432 g/mol. The van der Waals surface area contributed by atoms with Crippen LogP contribution >= 0.6 is 0 Å². The summed E-state index contributed by atoms with van der Waals surface area (Å²) in [4.78, 5) is 28.7. The fraction of sp³-hybridized carbons (Fsp3) is 0.500. The Kier molecular flexibility index (Phi) is 5.44. The van der Waals surface area contributed by atoms with E-state index in [2.05, 4.69) is 20.3 Å². The average molecular weight is 455 g/mol. The molecular formula is C22H23F2N7O2. The molecule has 11 heteroatoms. The van der Waals surface area contributed by atoms with Crippen molar-refractivity contribution in [2.75, 3.05) is 36.5 Å². The highest BCUT2D eigenvalue weighted by Crippen LogP contribution is 2.33. The third kappa shape index (κ3) is 4.25. The second-order valence-corrected chi connectivity index (χ2v) is 8.60. The van der Waals surface area contributed by atoms with Gasteiger partial charge in [0, 0.05) is 49.9 Å². The Bertz CT molecular complexity index is 1110. The number of pyridine rings is 1. The first-order chi connectivity index (χ1) is 16.0. The predicted molar refractivity (Wildman–Crippen MR) is 114 cm³/mol. The predicted octanol–water partition coefficient (Wildman–Crippen LogP) is 2.19. The van der Waals surface area contributed by atoms with Gasteiger partial charge in [-0.25, -0.2) is 13.8 Å². The summed E-state index contributed by atoms with van der Waals surface area (Å²) in [5.74, 6) is -0.243. The smallest absolute Gasteiger partial charge is 0.260 e. The number of carbonyl (C=O) groups excluding carboxylic acids is 1. The number of nitrogens with zero attached hydrogens (tertiary/aromatic N) is 6. The number of rotatable bonds is 4. The zero-order valence-electron chi connectivity index (χ0n) is 17.9. The molecule has 3 aliphatic rings. The van der Waals surface area contributed by atoms with Crippen molar-refractivity contribution in [2.24, 2.45) is 0 Å². The molecule has 1 N–H and O–H groups in total. The summed E-state index contributed by atoms with van der Waals surface area (Å²) in [6.45, 7) is 0.976. The number of anilines is 2. The maximum atomic E-state index is 15.8. The van der Waals surface area contributed by atoms with Crippen LogP contribution < -0.4 is 15.0 Å². The van der Waals surface area contributed by atoms with E-state index in [9.17, 15) is 14.4 Å². The molecule has 2 aromatic rings. The van der Waals surface area contributed by atoms with Crippen molar-refractivity contribution in [1.29, 1.82) is 5.26 Å². The molecule has 0 aromatic carbocycles. The van der Waals surface area contributed by atoms with Crippen molar-refractivity contribution in [3.05, 3.63) is 35.5 Å². The molecule has 0 atom stereocenters. The van der Waals surface area contributed by atoms with Crippen molar-refractivity contribution >= 4 is 17.7 Å². The lowest BCUT2D eigenvalue weighted by atomic mass is 9.91. The quantitative estimate of drug-likeness (QED) is 0.748. The van der Waals surface area contributed by atoms with E-state index in [0.717, 1.165) is 19.0 Å². The van der Waals surface area contributed by atoms with E-state index in [1.807, 2.05) is 6.07 Å². The zero-order chi connectivity index (χ0) is 23.0. The van der Waals surface area contributed by atoms with Crippen LogP contribution in [-0.2, 0) is 11.3 Å². The Hall–Kier alpha value is -3.55. The number of nitrogens with one attached hydrogen (secondary N) is 1. The molecule has 2 fully saturated rings. The first kappa shape index (κ1) is 21.3. The number of aromatic nitrogens is 3. The summed E-state index contributed by atoms with van der Waals surface area (Å²) < 4.78 is 35.4. The van der Waals surface area contributed by atoms with Gasteiger partial charge in [0.1, 0.15) is 24.0 Å². The van der Waals surface area contributed by atoms with Gasteiger partial charge in [0.25, 0.3) is 5.91 Å². The lowest BCUT2D eigenvalue weighted by Crippen LogP contribution is -2.53. The van der Waals surface area contributed by atoms with Crippen molar-refractivity contribution in [3.8, 4) is 11.8 Å². The van der Waals surface area contributed by atoms with Gasteiger partial charge in [-0.2, -0.15) is 10.2 Å². The number of ether oxygens (including phenoxy) is 1. The number of piperidine rings is 1. The van der Waals surface area contributed by atoms with Gasteiger partial charge in [0.05, 0.1) is 19.3 Å². The second kappa shape index (κ2) is 8.42. The van der Waals surface area contributed by atoms with Gasteiger partial charge in [0.15, 0.2) is 17.3 Å². The Labute approximate surface area is 189 Å². The van der Waals surface area contributed by atoms with E-state index in [1.54, 1.807) is 4.90 Å².